The Balaban J connectivity index is 2.01. The van der Waals surface area contributed by atoms with Crippen molar-refractivity contribution in [1.29, 1.82) is 0 Å². The van der Waals surface area contributed by atoms with Crippen molar-refractivity contribution in [3.05, 3.63) is 52.3 Å². The van der Waals surface area contributed by atoms with E-state index in [1.54, 1.807) is 0 Å². The fourth-order valence-corrected chi connectivity index (χ4v) is 2.46. The minimum Gasteiger partial charge on any atom is -0.324 e. The molecule has 1 heterocycles. The molecule has 2 N–H and O–H groups in total. The highest BCUT2D eigenvalue weighted by Gasteiger charge is 2.10. The van der Waals surface area contributed by atoms with Crippen LogP contribution in [0.1, 0.15) is 23.7 Å². The van der Waals surface area contributed by atoms with Gasteiger partial charge in [-0.2, -0.15) is 5.10 Å². The first-order valence-corrected chi connectivity index (χ1v) is 6.44. The van der Waals surface area contributed by atoms with Crippen LogP contribution in [0.4, 0.5) is 0 Å². The van der Waals surface area contributed by atoms with Crippen LogP contribution < -0.4 is 5.73 Å². The summed E-state index contributed by atoms with van der Waals surface area (Å²) < 4.78 is 2.98. The van der Waals surface area contributed by atoms with E-state index in [-0.39, 0.29) is 6.04 Å². The third-order valence-corrected chi connectivity index (χ3v) is 3.66. The van der Waals surface area contributed by atoms with Gasteiger partial charge in [0.25, 0.3) is 0 Å². The van der Waals surface area contributed by atoms with Crippen LogP contribution in [0, 0.1) is 0 Å². The Morgan fingerprint density at radius 1 is 1.35 bits per heavy atom. The number of hydrogen-bond donors (Lipinski definition) is 1. The molecule has 0 fully saturated rings. The molecule has 90 valence electrons. The molecule has 0 aliphatic heterocycles. The number of aromatic nitrogens is 2. The molecule has 4 heteroatoms. The van der Waals surface area contributed by atoms with E-state index >= 15 is 0 Å². The van der Waals surface area contributed by atoms with E-state index in [0.29, 0.717) is 0 Å². The molecule has 0 amide bonds. The standard InChI is InChI=1S/C13H16BrN3/c1-17-10(8-9-16-17)6-7-13(15)11-4-2-3-5-12(11)14/h2-5,8-9,13H,6-7,15H2,1H3. The van der Waals surface area contributed by atoms with Crippen LogP contribution in [0.15, 0.2) is 41.0 Å². The van der Waals surface area contributed by atoms with Crippen LogP contribution in [0.25, 0.3) is 0 Å². The van der Waals surface area contributed by atoms with Crippen LogP contribution in [-0.4, -0.2) is 9.78 Å². The molecule has 0 saturated carbocycles. The molecule has 0 bridgehead atoms. The first kappa shape index (κ1) is 12.3. The number of benzene rings is 1. The van der Waals surface area contributed by atoms with E-state index < -0.39 is 0 Å². The third kappa shape index (κ3) is 2.96. The van der Waals surface area contributed by atoms with Crippen molar-refractivity contribution in [2.75, 3.05) is 0 Å². The van der Waals surface area contributed by atoms with Gasteiger partial charge in [-0.3, -0.25) is 4.68 Å². The van der Waals surface area contributed by atoms with Gasteiger partial charge in [0.05, 0.1) is 0 Å². The van der Waals surface area contributed by atoms with Crippen LogP contribution in [-0.2, 0) is 13.5 Å². The number of halogens is 1. The Kier molecular flexibility index (Phi) is 3.97. The number of rotatable bonds is 4. The van der Waals surface area contributed by atoms with Crippen molar-refractivity contribution in [1.82, 2.24) is 9.78 Å². The lowest BCUT2D eigenvalue weighted by Crippen LogP contribution is -2.13. The lowest BCUT2D eigenvalue weighted by molar-refractivity contribution is 0.612. The van der Waals surface area contributed by atoms with Gasteiger partial charge in [0.2, 0.25) is 0 Å². The zero-order valence-corrected chi connectivity index (χ0v) is 11.4. The zero-order valence-electron chi connectivity index (χ0n) is 9.81. The van der Waals surface area contributed by atoms with Gasteiger partial charge in [-0.05, 0) is 30.5 Å². The monoisotopic (exact) mass is 293 g/mol. The first-order valence-electron chi connectivity index (χ1n) is 5.65. The summed E-state index contributed by atoms with van der Waals surface area (Å²) in [5.74, 6) is 0. The zero-order chi connectivity index (χ0) is 12.3. The van der Waals surface area contributed by atoms with E-state index in [1.165, 1.54) is 5.69 Å². The summed E-state index contributed by atoms with van der Waals surface area (Å²) in [5, 5.41) is 4.15. The lowest BCUT2D eigenvalue weighted by Gasteiger charge is -2.13. The second-order valence-corrected chi connectivity index (χ2v) is 4.97. The van der Waals surface area contributed by atoms with E-state index in [1.807, 2.05) is 42.2 Å². The van der Waals surface area contributed by atoms with E-state index in [9.17, 15) is 0 Å². The minimum absolute atomic E-state index is 0.0560. The largest absolute Gasteiger partial charge is 0.324 e. The highest BCUT2D eigenvalue weighted by Crippen LogP contribution is 2.24. The van der Waals surface area contributed by atoms with Crippen molar-refractivity contribution in [3.63, 3.8) is 0 Å². The molecule has 1 aromatic carbocycles. The van der Waals surface area contributed by atoms with Crippen LogP contribution in [0.5, 0.6) is 0 Å². The van der Waals surface area contributed by atoms with Gasteiger partial charge >= 0.3 is 0 Å². The second kappa shape index (κ2) is 5.47. The second-order valence-electron chi connectivity index (χ2n) is 4.11. The molecule has 0 saturated heterocycles. The lowest BCUT2D eigenvalue weighted by atomic mass is 10.0. The molecule has 17 heavy (non-hydrogen) atoms. The average molecular weight is 294 g/mol. The van der Waals surface area contributed by atoms with Crippen molar-refractivity contribution in [2.45, 2.75) is 18.9 Å². The summed E-state index contributed by atoms with van der Waals surface area (Å²) in [4.78, 5) is 0. The Morgan fingerprint density at radius 2 is 2.12 bits per heavy atom. The fourth-order valence-electron chi connectivity index (χ4n) is 1.88. The molecule has 1 unspecified atom stereocenters. The Bertz CT molecular complexity index is 493. The van der Waals surface area contributed by atoms with Crippen LogP contribution >= 0.6 is 15.9 Å². The number of aryl methyl sites for hydroxylation is 2. The molecular formula is C13H16BrN3. The maximum Gasteiger partial charge on any atom is 0.0492 e. The molecule has 0 radical (unpaired) electrons. The molecule has 2 rings (SSSR count). The van der Waals surface area contributed by atoms with Crippen molar-refractivity contribution < 1.29 is 0 Å². The Morgan fingerprint density at radius 3 is 2.76 bits per heavy atom. The average Bonchev–Trinajstić information content (AvgIpc) is 2.72. The molecule has 0 aliphatic rings. The quantitative estimate of drug-likeness (QED) is 0.942. The Hall–Kier alpha value is -1.13. The highest BCUT2D eigenvalue weighted by atomic mass is 79.9. The van der Waals surface area contributed by atoms with E-state index in [2.05, 4.69) is 27.1 Å². The number of hydrogen-bond acceptors (Lipinski definition) is 2. The molecule has 1 aromatic heterocycles. The SMILES string of the molecule is Cn1nccc1CCC(N)c1ccccc1Br. The predicted octanol–water partition coefficient (Wildman–Crippen LogP) is 2.82. The summed E-state index contributed by atoms with van der Waals surface area (Å²) in [6, 6.07) is 10.2. The fraction of sp³-hybridized carbons (Fsp3) is 0.308. The Labute approximate surface area is 110 Å². The van der Waals surface area contributed by atoms with Gasteiger partial charge in [0, 0.05) is 29.5 Å². The van der Waals surface area contributed by atoms with Crippen LogP contribution in [0.3, 0.4) is 0 Å². The van der Waals surface area contributed by atoms with Crippen LogP contribution in [0.2, 0.25) is 0 Å². The minimum atomic E-state index is 0.0560. The van der Waals surface area contributed by atoms with Gasteiger partial charge in [0.1, 0.15) is 0 Å². The van der Waals surface area contributed by atoms with Crippen molar-refractivity contribution in [3.8, 4) is 0 Å². The molecule has 0 spiro atoms. The summed E-state index contributed by atoms with van der Waals surface area (Å²) in [7, 11) is 1.96. The summed E-state index contributed by atoms with van der Waals surface area (Å²) in [5.41, 5.74) is 8.58. The highest BCUT2D eigenvalue weighted by molar-refractivity contribution is 9.10. The molecule has 1 atom stereocenters. The normalized spacial score (nSPS) is 12.6. The third-order valence-electron chi connectivity index (χ3n) is 2.94. The molecule has 2 aromatic rings. The summed E-state index contributed by atoms with van der Waals surface area (Å²) in [6.45, 7) is 0. The van der Waals surface area contributed by atoms with Gasteiger partial charge < -0.3 is 5.73 Å². The molecule has 3 nitrogen and oxygen atoms in total. The van der Waals surface area contributed by atoms with Crippen molar-refractivity contribution >= 4 is 15.9 Å². The number of nitrogens with zero attached hydrogens (tertiary/aromatic N) is 2. The topological polar surface area (TPSA) is 43.8 Å². The smallest absolute Gasteiger partial charge is 0.0492 e. The van der Waals surface area contributed by atoms with Gasteiger partial charge in [-0.15, -0.1) is 0 Å². The van der Waals surface area contributed by atoms with E-state index in [0.717, 1.165) is 22.9 Å². The van der Waals surface area contributed by atoms with Gasteiger partial charge in [0.15, 0.2) is 0 Å². The molecule has 0 aliphatic carbocycles. The maximum atomic E-state index is 6.20. The van der Waals surface area contributed by atoms with E-state index in [4.69, 9.17) is 5.73 Å². The predicted molar refractivity (Wildman–Crippen MR) is 72.6 cm³/mol. The first-order chi connectivity index (χ1) is 8.18. The van der Waals surface area contributed by atoms with Crippen molar-refractivity contribution in [2.24, 2.45) is 12.8 Å². The summed E-state index contributed by atoms with van der Waals surface area (Å²) >= 11 is 3.53. The molecular weight excluding hydrogens is 278 g/mol. The summed E-state index contributed by atoms with van der Waals surface area (Å²) in [6.07, 6.45) is 3.68. The van der Waals surface area contributed by atoms with Gasteiger partial charge in [-0.25, -0.2) is 0 Å². The maximum absolute atomic E-state index is 6.20. The van der Waals surface area contributed by atoms with Gasteiger partial charge in [-0.1, -0.05) is 34.1 Å². The number of nitrogens with two attached hydrogens (primary N) is 1.